The van der Waals surface area contributed by atoms with Crippen molar-refractivity contribution in [3.05, 3.63) is 35.9 Å². The van der Waals surface area contributed by atoms with E-state index in [1.807, 2.05) is 0 Å². The molecule has 2 aliphatic rings. The van der Waals surface area contributed by atoms with Gasteiger partial charge in [0.1, 0.15) is 104 Å². The van der Waals surface area contributed by atoms with Crippen molar-refractivity contribution in [2.75, 3.05) is 26.2 Å². The topological polar surface area (TPSA) is 714 Å². The third kappa shape index (κ3) is 37.2. The number of likely N-dealkylation sites (tertiary alicyclic amines) is 2. The molecule has 2 heterocycles. The van der Waals surface area contributed by atoms with E-state index in [0.717, 1.165) is 5.56 Å². The van der Waals surface area contributed by atoms with Crippen LogP contribution in [0.3, 0.4) is 0 Å². The molecule has 0 bridgehead atoms. The van der Waals surface area contributed by atoms with Gasteiger partial charge in [-0.1, -0.05) is 78.8 Å². The number of aliphatic hydroxyl groups is 1. The summed E-state index contributed by atoms with van der Waals surface area (Å²) in [6, 6.07) is -4.20. The molecule has 47 nitrogen and oxygen atoms in total. The van der Waals surface area contributed by atoms with Crippen LogP contribution in [0.2, 0.25) is 0 Å². The highest BCUT2D eigenvalue weighted by Gasteiger charge is 2.50. The molecule has 0 aliphatic carbocycles. The maximum absolute atomic E-state index is 14.6. The molecule has 11 atom stereocenters. The number of carbonyl (C=O) groups is 23. The third-order valence-electron chi connectivity index (χ3n) is 24.0. The number of amides is 23. The van der Waals surface area contributed by atoms with Gasteiger partial charge in [0.2, 0.25) is 136 Å². The van der Waals surface area contributed by atoms with E-state index in [9.17, 15) is 115 Å². The van der Waals surface area contributed by atoms with E-state index in [1.54, 1.807) is 71.9 Å². The lowest BCUT2D eigenvalue weighted by molar-refractivity contribution is -0.146. The normalized spacial score (nSPS) is 16.4. The summed E-state index contributed by atoms with van der Waals surface area (Å²) in [5.74, 6) is -20.9. The van der Waals surface area contributed by atoms with Crippen molar-refractivity contribution in [2.24, 2.45) is 35.0 Å². The Bertz CT molecular complexity index is 4780. The summed E-state index contributed by atoms with van der Waals surface area (Å²) >= 11 is 0. The average Bonchev–Trinajstić information content (AvgIpc) is 1.70. The number of hydrogen-bond donors (Lipinski definition) is 22. The molecular formula is C94H155N23O24. The van der Waals surface area contributed by atoms with Crippen molar-refractivity contribution in [2.45, 2.75) is 374 Å². The summed E-state index contributed by atoms with van der Waals surface area (Å²) in [7, 11) is 0. The average molecular weight is 1990 g/mol. The Morgan fingerprint density at radius 3 is 1.22 bits per heavy atom. The van der Waals surface area contributed by atoms with Gasteiger partial charge in [-0.25, -0.2) is 0 Å². The number of aliphatic hydroxyl groups excluding tert-OH is 1. The van der Waals surface area contributed by atoms with Crippen LogP contribution in [-0.4, -0.2) is 287 Å². The maximum atomic E-state index is 14.6. The Hall–Kier alpha value is -13.0. The molecule has 23 amide bonds. The Labute approximate surface area is 823 Å². The number of nitrogens with two attached hydrogens (primary N) is 3. The van der Waals surface area contributed by atoms with Crippen LogP contribution in [0.5, 0.6) is 0 Å². The van der Waals surface area contributed by atoms with Gasteiger partial charge in [-0.05, 0) is 212 Å². The van der Waals surface area contributed by atoms with E-state index in [4.69, 9.17) is 17.2 Å². The van der Waals surface area contributed by atoms with Gasteiger partial charge in [0.25, 0.3) is 0 Å². The molecule has 2 saturated heterocycles. The lowest BCUT2D eigenvalue weighted by atomic mass is 9.93. The van der Waals surface area contributed by atoms with E-state index < -0.39 is 297 Å². The summed E-state index contributed by atoms with van der Waals surface area (Å²) < 4.78 is 0. The van der Waals surface area contributed by atoms with Crippen LogP contribution >= 0.6 is 0 Å². The minimum Gasteiger partial charge on any atom is -0.394 e. The van der Waals surface area contributed by atoms with Crippen LogP contribution in [0.25, 0.3) is 0 Å². The fraction of sp³-hybridized carbons (Fsp3) is 0.691. The number of primary amides is 3. The van der Waals surface area contributed by atoms with Crippen molar-refractivity contribution in [1.29, 1.82) is 0 Å². The lowest BCUT2D eigenvalue weighted by Crippen LogP contribution is -2.67. The predicted octanol–water partition coefficient (Wildman–Crippen LogP) is -4.16. The molecule has 790 valence electrons. The second-order valence-electron chi connectivity index (χ2n) is 41.8. The number of hydrogen-bond acceptors (Lipinski definition) is 24. The molecule has 0 aromatic heterocycles. The van der Waals surface area contributed by atoms with E-state index in [-0.39, 0.29) is 64.0 Å². The third-order valence-corrected chi connectivity index (χ3v) is 24.0. The fourth-order valence-corrected chi connectivity index (χ4v) is 15.1. The van der Waals surface area contributed by atoms with Gasteiger partial charge in [0, 0.05) is 39.3 Å². The van der Waals surface area contributed by atoms with Gasteiger partial charge < -0.3 is 128 Å². The fourth-order valence-electron chi connectivity index (χ4n) is 15.1. The standard InChI is InChI=1S/C94H155N23O24/c1-27-94(26,83(139)104-57(38-41-63(96)121)70(126)102-56(37-40-62(95)120)69(125)100-55(48-118)46-54-33-29-28-30-34-54)115-82(138)91(20,21)113-75(131)66(50(4)5)105-73(129)60-35-31-43-116(60)85(141)93(24,25)110-72(128)59(45-49(2)3)101-65(123)47-98-77(133)86(10,11)112-76(132)67(51(6)7)106-80(136)88(14,15)109-71(127)58(39-42-64(97)122)103-79(135)89(16,17)114-81(137)90(18,19)108-68(124)52(8)99-78(134)87(12,13)111-74(130)61-36-32-44-117(61)84(140)92(22,23)107-53(9)119/h28-30,33-34,49-52,55-61,66-67,118H,27,31-32,35-48H2,1-26H3,(H2,95,120)(H2,96,121)(H2,97,122)(H,98,133)(H,99,134)(H,100,125)(H,101,123)(H,102,126)(H,103,135)(H,104,139)(H,105,129)(H,106,136)(H,107,119)(H,108,124)(H,109,127)(H,110,128)(H,111,130)(H,112,132)(H,113,131)(H,114,137)(H,115,138). The Morgan fingerprint density at radius 2 is 0.759 bits per heavy atom. The smallest absolute Gasteiger partial charge is 0.248 e. The highest BCUT2D eigenvalue weighted by atomic mass is 16.3. The van der Waals surface area contributed by atoms with Crippen LogP contribution in [-0.2, 0) is 117 Å². The monoisotopic (exact) mass is 1990 g/mol. The van der Waals surface area contributed by atoms with Crippen LogP contribution in [0, 0.1) is 17.8 Å². The van der Waals surface area contributed by atoms with Gasteiger partial charge in [-0.2, -0.15) is 0 Å². The van der Waals surface area contributed by atoms with Gasteiger partial charge in [0.05, 0.1) is 19.2 Å². The number of nitrogens with zero attached hydrogens (tertiary/aromatic N) is 2. The molecule has 2 aliphatic heterocycles. The molecule has 0 spiro atoms. The molecule has 2 fully saturated rings. The Kier molecular flexibility index (Phi) is 44.5. The summed E-state index contributed by atoms with van der Waals surface area (Å²) in [5.41, 5.74) is 1.18. The largest absolute Gasteiger partial charge is 0.394 e. The summed E-state index contributed by atoms with van der Waals surface area (Å²) in [5, 5.41) is 56.4. The molecule has 1 aromatic rings. The molecule has 0 radical (unpaired) electrons. The molecule has 11 unspecified atom stereocenters. The zero-order valence-electron chi connectivity index (χ0n) is 86.4. The highest BCUT2D eigenvalue weighted by molar-refractivity contribution is 6.05. The Balaban J connectivity index is 1.67. The van der Waals surface area contributed by atoms with Gasteiger partial charge in [-0.3, -0.25) is 110 Å². The molecule has 3 rings (SSSR count). The first-order chi connectivity index (χ1) is 64.6. The summed E-state index contributed by atoms with van der Waals surface area (Å²) in [4.78, 5) is 317. The number of carbonyl (C=O) groups excluding carboxylic acids is 23. The van der Waals surface area contributed by atoms with E-state index >= 15 is 0 Å². The van der Waals surface area contributed by atoms with E-state index in [0.29, 0.717) is 12.8 Å². The molecule has 25 N–H and O–H groups in total. The van der Waals surface area contributed by atoms with Crippen LogP contribution < -0.4 is 113 Å². The minimum atomic E-state index is -1.92. The predicted molar refractivity (Wildman–Crippen MR) is 516 cm³/mol. The number of nitrogens with one attached hydrogen (secondary N) is 18. The van der Waals surface area contributed by atoms with Crippen LogP contribution in [0.15, 0.2) is 30.3 Å². The summed E-state index contributed by atoms with van der Waals surface area (Å²) in [6.45, 7) is 35.6. The lowest BCUT2D eigenvalue weighted by Gasteiger charge is -2.36. The first kappa shape index (κ1) is 122. The highest BCUT2D eigenvalue weighted by Crippen LogP contribution is 2.27. The van der Waals surface area contributed by atoms with E-state index in [1.165, 1.54) is 148 Å². The van der Waals surface area contributed by atoms with Crippen molar-refractivity contribution < 1.29 is 115 Å². The Morgan fingerprint density at radius 1 is 0.383 bits per heavy atom. The second kappa shape index (κ2) is 51.4. The van der Waals surface area contributed by atoms with Crippen molar-refractivity contribution in [3.8, 4) is 0 Å². The number of rotatable bonds is 54. The van der Waals surface area contributed by atoms with Crippen molar-refractivity contribution >= 4 is 136 Å². The molecule has 0 saturated carbocycles. The van der Waals surface area contributed by atoms with Gasteiger partial charge in [-0.15, -0.1) is 0 Å². The molecule has 47 heteroatoms. The van der Waals surface area contributed by atoms with Crippen molar-refractivity contribution in [1.82, 2.24) is 106 Å². The minimum absolute atomic E-state index is 0.00641. The van der Waals surface area contributed by atoms with Gasteiger partial charge in [0.15, 0.2) is 0 Å². The van der Waals surface area contributed by atoms with Gasteiger partial charge >= 0.3 is 0 Å². The first-order valence-corrected chi connectivity index (χ1v) is 47.4. The molecular weight excluding hydrogens is 1840 g/mol. The SMILES string of the molecule is CCC(C)(NC(=O)C(C)(C)NC(=O)C(NC(=O)C1CCCN1C(=O)C(C)(C)NC(=O)C(CC(C)C)NC(=O)CNC(=O)C(C)(C)NC(=O)C(NC(=O)C(C)(C)NC(=O)C(CCC(N)=O)NC(=O)C(C)(C)NC(=O)C(C)(C)NC(=O)C(C)NC(=O)C(C)(C)NC(=O)C1CCCN1C(=O)C(C)(C)NC(C)=O)C(C)C)C(C)C)C(=O)NC(CCC(N)=O)C(=O)NC(CCC(N)=O)C(=O)NC(CO)Cc1ccccc1. The zero-order valence-corrected chi connectivity index (χ0v) is 86.4. The van der Waals surface area contributed by atoms with Crippen LogP contribution in [0.4, 0.5) is 0 Å². The second-order valence-corrected chi connectivity index (χ2v) is 41.8. The van der Waals surface area contributed by atoms with Crippen molar-refractivity contribution in [3.63, 3.8) is 0 Å². The summed E-state index contributed by atoms with van der Waals surface area (Å²) in [6.07, 6.45) is -1.18. The number of benzene rings is 1. The van der Waals surface area contributed by atoms with E-state index in [2.05, 4.69) is 95.7 Å². The quantitative estimate of drug-likeness (QED) is 0.0294. The first-order valence-electron chi connectivity index (χ1n) is 47.4. The molecule has 141 heavy (non-hydrogen) atoms. The maximum Gasteiger partial charge on any atom is 0.248 e. The zero-order chi connectivity index (χ0) is 108. The van der Waals surface area contributed by atoms with Crippen LogP contribution in [0.1, 0.15) is 263 Å². The molecule has 1 aromatic carbocycles.